The summed E-state index contributed by atoms with van der Waals surface area (Å²) in [4.78, 5) is 47.5. The molecule has 0 aliphatic carbocycles. The number of ketones is 1. The SMILES string of the molecule is CC(=O)O.[C-]#[N+]c1ccc(OCC(=O)OCC)c([N+](=O)[O-])c1.[C-]#[N+]c1ccc2c(c1)CC(=O)CO2.[Fe]. The number of carbonyl (C=O) groups is 3. The molecular formula is C23H21FeN3O9. The van der Waals surface area contributed by atoms with Gasteiger partial charge in [0.2, 0.25) is 0 Å². The fourth-order valence-electron chi connectivity index (χ4n) is 2.52. The van der Waals surface area contributed by atoms with Crippen molar-refractivity contribution < 1.29 is 55.7 Å². The summed E-state index contributed by atoms with van der Waals surface area (Å²) in [6, 6.07) is 8.90. The van der Waals surface area contributed by atoms with Crippen molar-refractivity contribution in [3.63, 3.8) is 0 Å². The van der Waals surface area contributed by atoms with Crippen LogP contribution in [-0.4, -0.2) is 47.6 Å². The Kier molecular flexibility index (Phi) is 14.2. The molecule has 0 radical (unpaired) electrons. The number of hydrogen-bond donors (Lipinski definition) is 1. The van der Waals surface area contributed by atoms with Crippen molar-refractivity contribution in [2.24, 2.45) is 0 Å². The first-order chi connectivity index (χ1) is 16.6. The summed E-state index contributed by atoms with van der Waals surface area (Å²) >= 11 is 0. The normalized spacial score (nSPS) is 10.5. The number of ether oxygens (including phenoxy) is 3. The number of aliphatic carboxylic acids is 1. The Hall–Kier alpha value is -4.45. The first kappa shape index (κ1) is 31.5. The van der Waals surface area contributed by atoms with E-state index in [9.17, 15) is 19.7 Å². The van der Waals surface area contributed by atoms with Crippen molar-refractivity contribution in [3.05, 3.63) is 74.9 Å². The summed E-state index contributed by atoms with van der Waals surface area (Å²) in [6.45, 7) is 16.3. The number of carbonyl (C=O) groups excluding carboxylic acids is 2. The molecule has 13 heteroatoms. The molecule has 0 unspecified atom stereocenters. The largest absolute Gasteiger partial charge is 0.486 e. The number of benzene rings is 2. The van der Waals surface area contributed by atoms with Gasteiger partial charge in [-0.3, -0.25) is 19.7 Å². The number of nitrogens with zero attached hydrogens (tertiary/aromatic N) is 3. The maximum absolute atomic E-state index is 11.1. The molecule has 1 aliphatic rings. The van der Waals surface area contributed by atoms with Gasteiger partial charge in [0.25, 0.3) is 5.97 Å². The van der Waals surface area contributed by atoms with Gasteiger partial charge >= 0.3 is 11.7 Å². The van der Waals surface area contributed by atoms with Crippen molar-refractivity contribution in [1.82, 2.24) is 0 Å². The number of esters is 1. The molecule has 0 fully saturated rings. The van der Waals surface area contributed by atoms with Crippen LogP contribution in [0.4, 0.5) is 17.1 Å². The van der Waals surface area contributed by atoms with Crippen LogP contribution >= 0.6 is 0 Å². The minimum absolute atomic E-state index is 0. The molecule has 1 aliphatic heterocycles. The second-order valence-corrected chi connectivity index (χ2v) is 6.54. The van der Waals surface area contributed by atoms with Crippen LogP contribution < -0.4 is 9.47 Å². The molecule has 0 aromatic heterocycles. The summed E-state index contributed by atoms with van der Waals surface area (Å²) in [5.74, 6) is -0.719. The van der Waals surface area contributed by atoms with Crippen molar-refractivity contribution in [3.8, 4) is 11.5 Å². The molecule has 0 spiro atoms. The molecule has 3 rings (SSSR count). The van der Waals surface area contributed by atoms with Gasteiger partial charge in [-0.25, -0.2) is 14.5 Å². The van der Waals surface area contributed by atoms with Crippen molar-refractivity contribution in [1.29, 1.82) is 0 Å². The Bertz CT molecular complexity index is 1180. The molecule has 2 aromatic rings. The fraction of sp³-hybridized carbons (Fsp3) is 0.261. The van der Waals surface area contributed by atoms with Gasteiger partial charge in [0, 0.05) is 36.5 Å². The zero-order valence-corrected chi connectivity index (χ0v) is 20.3. The number of hydrogen-bond acceptors (Lipinski definition) is 8. The summed E-state index contributed by atoms with van der Waals surface area (Å²) < 4.78 is 14.8. The molecule has 1 N–H and O–H groups in total. The van der Waals surface area contributed by atoms with Crippen LogP contribution in [0.15, 0.2) is 36.4 Å². The van der Waals surface area contributed by atoms with E-state index in [1.807, 2.05) is 0 Å². The number of nitro groups is 1. The van der Waals surface area contributed by atoms with Crippen LogP contribution in [0.3, 0.4) is 0 Å². The van der Waals surface area contributed by atoms with E-state index >= 15 is 0 Å². The predicted molar refractivity (Wildman–Crippen MR) is 122 cm³/mol. The van der Waals surface area contributed by atoms with Gasteiger partial charge in [0.05, 0.1) is 24.7 Å². The number of Topliss-reactive ketones (excluding diaryl/α,β-unsaturated/α-hetero) is 1. The number of fused-ring (bicyclic) bond motifs is 1. The quantitative estimate of drug-likeness (QED) is 0.196. The maximum atomic E-state index is 11.1. The molecular weight excluding hydrogens is 518 g/mol. The van der Waals surface area contributed by atoms with E-state index in [0.717, 1.165) is 24.3 Å². The minimum atomic E-state index is -0.833. The zero-order chi connectivity index (χ0) is 26.4. The molecule has 0 bridgehead atoms. The van der Waals surface area contributed by atoms with Crippen molar-refractivity contribution in [2.45, 2.75) is 20.3 Å². The number of nitro benzene ring substituents is 1. The maximum Gasteiger partial charge on any atom is 0.344 e. The predicted octanol–water partition coefficient (Wildman–Crippen LogP) is 3.92. The standard InChI is InChI=1S/C11H10N2O5.C10H7NO2.C2H4O2.Fe/c1-3-17-11(14)7-18-10-5-4-8(12-2)6-9(10)13(15)16;1-11-8-2-3-10-7(4-8)5-9(12)6-13-10;1-2(3)4;/h4-6H,3,7H2,1H3;2-4H,5-6H2;1H3,(H,3,4);. The molecule has 0 atom stereocenters. The fourth-order valence-corrected chi connectivity index (χ4v) is 2.52. The second-order valence-electron chi connectivity index (χ2n) is 6.54. The van der Waals surface area contributed by atoms with Crippen LogP contribution in [0, 0.1) is 23.3 Å². The van der Waals surface area contributed by atoms with Crippen LogP contribution in [0.1, 0.15) is 19.4 Å². The van der Waals surface area contributed by atoms with Crippen LogP contribution in [0.25, 0.3) is 9.69 Å². The Morgan fingerprint density at radius 2 is 1.75 bits per heavy atom. The van der Waals surface area contributed by atoms with Gasteiger partial charge in [-0.05, 0) is 30.7 Å². The van der Waals surface area contributed by atoms with Gasteiger partial charge in [-0.15, -0.1) is 0 Å². The van der Waals surface area contributed by atoms with Gasteiger partial charge in [0.15, 0.2) is 29.5 Å². The van der Waals surface area contributed by atoms with Gasteiger partial charge in [-0.1, -0.05) is 12.1 Å². The molecule has 190 valence electrons. The first-order valence-corrected chi connectivity index (χ1v) is 9.89. The Morgan fingerprint density at radius 1 is 1.17 bits per heavy atom. The monoisotopic (exact) mass is 539 g/mol. The summed E-state index contributed by atoms with van der Waals surface area (Å²) in [5.41, 5.74) is 1.15. The van der Waals surface area contributed by atoms with Gasteiger partial charge < -0.3 is 19.3 Å². The average molecular weight is 539 g/mol. The third-order valence-corrected chi connectivity index (χ3v) is 3.87. The van der Waals surface area contributed by atoms with E-state index in [0.29, 0.717) is 12.1 Å². The molecule has 0 saturated heterocycles. The smallest absolute Gasteiger partial charge is 0.344 e. The minimum Gasteiger partial charge on any atom is -0.486 e. The van der Waals surface area contributed by atoms with E-state index in [1.165, 1.54) is 12.1 Å². The van der Waals surface area contributed by atoms with Gasteiger partial charge in [-0.2, -0.15) is 0 Å². The summed E-state index contributed by atoms with van der Waals surface area (Å²) in [7, 11) is 0. The Morgan fingerprint density at radius 3 is 2.31 bits per heavy atom. The molecule has 36 heavy (non-hydrogen) atoms. The second kappa shape index (κ2) is 16.2. The molecule has 12 nitrogen and oxygen atoms in total. The number of carboxylic acid groups (broad SMARTS) is 1. The van der Waals surface area contributed by atoms with Crippen LogP contribution in [-0.2, 0) is 42.6 Å². The number of carboxylic acids is 1. The van der Waals surface area contributed by atoms with Crippen molar-refractivity contribution >= 4 is 34.8 Å². The zero-order valence-electron chi connectivity index (χ0n) is 19.2. The van der Waals surface area contributed by atoms with E-state index in [4.69, 9.17) is 32.5 Å². The Labute approximate surface area is 217 Å². The van der Waals surface area contributed by atoms with Crippen molar-refractivity contribution in [2.75, 3.05) is 19.8 Å². The van der Waals surface area contributed by atoms with Crippen LogP contribution in [0.5, 0.6) is 11.5 Å². The third kappa shape index (κ3) is 11.1. The summed E-state index contributed by atoms with van der Waals surface area (Å²) in [5, 5.41) is 18.2. The van der Waals surface area contributed by atoms with E-state index in [2.05, 4.69) is 14.4 Å². The molecule has 0 saturated carbocycles. The summed E-state index contributed by atoms with van der Waals surface area (Å²) in [6.07, 6.45) is 0.388. The topological polar surface area (TPSA) is 151 Å². The first-order valence-electron chi connectivity index (χ1n) is 9.89. The molecule has 2 aromatic carbocycles. The average Bonchev–Trinajstić information content (AvgIpc) is 2.82. The number of rotatable bonds is 5. The van der Waals surface area contributed by atoms with E-state index < -0.39 is 23.5 Å². The molecule has 1 heterocycles. The van der Waals surface area contributed by atoms with E-state index in [1.54, 1.807) is 25.1 Å². The third-order valence-electron chi connectivity index (χ3n) is 3.87. The molecule has 0 amide bonds. The van der Waals surface area contributed by atoms with E-state index in [-0.39, 0.29) is 53.2 Å². The van der Waals surface area contributed by atoms with Crippen LogP contribution in [0.2, 0.25) is 0 Å². The Balaban J connectivity index is 0.000000596. The van der Waals surface area contributed by atoms with Gasteiger partial charge in [0.1, 0.15) is 12.4 Å².